The van der Waals surface area contributed by atoms with Crippen LogP contribution in [0.2, 0.25) is 0 Å². The number of nitrogens with one attached hydrogen (secondary N) is 2. The van der Waals surface area contributed by atoms with Crippen LogP contribution >= 0.6 is 0 Å². The van der Waals surface area contributed by atoms with Gasteiger partial charge in [0.25, 0.3) is 0 Å². The van der Waals surface area contributed by atoms with E-state index in [1.807, 2.05) is 0 Å². The summed E-state index contributed by atoms with van der Waals surface area (Å²) in [5.41, 5.74) is 0.418. The number of carbonyl (C=O) groups is 2. The molecule has 1 saturated heterocycles. The number of likely N-dealkylation sites (tertiary alicyclic amines) is 1. The lowest BCUT2D eigenvalue weighted by Gasteiger charge is -2.39. The van der Waals surface area contributed by atoms with Crippen LogP contribution in [0.15, 0.2) is 34.8 Å². The van der Waals surface area contributed by atoms with Crippen molar-refractivity contribution >= 4 is 18.0 Å². The van der Waals surface area contributed by atoms with Crippen LogP contribution in [0.1, 0.15) is 31.4 Å². The molecule has 2 atom stereocenters. The van der Waals surface area contributed by atoms with Crippen molar-refractivity contribution in [2.24, 2.45) is 10.7 Å². The first-order valence-corrected chi connectivity index (χ1v) is 11.5. The minimum absolute atomic E-state index is 0.0172. The highest BCUT2D eigenvalue weighted by Crippen LogP contribution is 2.32. The van der Waals surface area contributed by atoms with Crippen molar-refractivity contribution in [3.05, 3.63) is 46.8 Å². The van der Waals surface area contributed by atoms with Gasteiger partial charge in [0.2, 0.25) is 5.91 Å². The highest BCUT2D eigenvalue weighted by Gasteiger charge is 2.44. The highest BCUT2D eigenvalue weighted by atomic mass is 19.4. The molecule has 0 radical (unpaired) electrons. The maximum atomic E-state index is 15.7. The number of halogens is 5. The molecule has 2 aliphatic heterocycles. The Balaban J connectivity index is 1.75. The summed E-state index contributed by atoms with van der Waals surface area (Å²) >= 11 is 0. The summed E-state index contributed by atoms with van der Waals surface area (Å²) in [5, 5.41) is 16.3. The van der Waals surface area contributed by atoms with E-state index in [1.165, 1.54) is 23.1 Å². The number of carbonyl (C=O) groups excluding carboxylic acids is 2. The molecule has 2 aliphatic rings. The number of primary amides is 1. The van der Waals surface area contributed by atoms with Crippen molar-refractivity contribution in [3.63, 3.8) is 0 Å². The van der Waals surface area contributed by atoms with Gasteiger partial charge in [-0.1, -0.05) is 6.07 Å². The molecule has 1 aromatic rings. The van der Waals surface area contributed by atoms with Gasteiger partial charge in [0.05, 0.1) is 25.0 Å². The third-order valence-corrected chi connectivity index (χ3v) is 6.43. The molecule has 3 rings (SSSR count). The van der Waals surface area contributed by atoms with Gasteiger partial charge in [0.15, 0.2) is 17.3 Å². The Morgan fingerprint density at radius 2 is 2.05 bits per heavy atom. The van der Waals surface area contributed by atoms with Crippen LogP contribution in [0, 0.1) is 5.82 Å². The number of hydrogen-bond donors (Lipinski definition) is 4. The maximum Gasteiger partial charge on any atom is 0.416 e. The average molecular weight is 533 g/mol. The van der Waals surface area contributed by atoms with Crippen molar-refractivity contribution in [1.82, 2.24) is 20.4 Å². The van der Waals surface area contributed by atoms with E-state index in [0.717, 1.165) is 12.1 Å². The van der Waals surface area contributed by atoms with Crippen molar-refractivity contribution in [2.45, 2.75) is 44.3 Å². The van der Waals surface area contributed by atoms with E-state index in [4.69, 9.17) is 5.73 Å². The van der Waals surface area contributed by atoms with Gasteiger partial charge in [-0.15, -0.1) is 0 Å². The number of aliphatic hydroxyl groups is 1. The number of rotatable bonds is 9. The number of alkyl halides is 3. The van der Waals surface area contributed by atoms with Gasteiger partial charge < -0.3 is 21.1 Å². The van der Waals surface area contributed by atoms with E-state index in [0.29, 0.717) is 6.07 Å². The van der Waals surface area contributed by atoms with Crippen LogP contribution in [-0.4, -0.2) is 76.9 Å². The zero-order valence-corrected chi connectivity index (χ0v) is 20.3. The van der Waals surface area contributed by atoms with Gasteiger partial charge in [0.1, 0.15) is 17.2 Å². The minimum atomic E-state index is -4.70. The number of aliphatic imine (C=N–C) groups is 1. The van der Waals surface area contributed by atoms with Crippen LogP contribution in [0.5, 0.6) is 0 Å². The molecule has 0 saturated carbocycles. The molecule has 0 spiro atoms. The predicted octanol–water partition coefficient (Wildman–Crippen LogP) is 1.23. The van der Waals surface area contributed by atoms with Crippen molar-refractivity contribution in [3.8, 4) is 0 Å². The van der Waals surface area contributed by atoms with E-state index in [-0.39, 0.29) is 57.1 Å². The molecule has 2 heterocycles. The first kappa shape index (κ1) is 28.5. The molecular formula is C23H29F5N6O3. The minimum Gasteiger partial charge on any atom is -0.381 e. The van der Waals surface area contributed by atoms with Gasteiger partial charge in [-0.25, -0.2) is 13.8 Å². The molecule has 1 aromatic carbocycles. The van der Waals surface area contributed by atoms with Crippen molar-refractivity contribution < 1.29 is 36.6 Å². The van der Waals surface area contributed by atoms with Crippen molar-refractivity contribution in [2.75, 3.05) is 32.7 Å². The second-order valence-corrected chi connectivity index (χ2v) is 9.19. The van der Waals surface area contributed by atoms with Gasteiger partial charge in [-0.3, -0.25) is 19.8 Å². The molecule has 37 heavy (non-hydrogen) atoms. The van der Waals surface area contributed by atoms with Crippen LogP contribution in [0.4, 0.5) is 22.0 Å². The molecule has 1 amide bonds. The summed E-state index contributed by atoms with van der Waals surface area (Å²) in [6.07, 6.45) is -3.52. The number of hydrogen-bond acceptors (Lipinski definition) is 8. The largest absolute Gasteiger partial charge is 0.416 e. The first-order chi connectivity index (χ1) is 17.2. The SMILES string of the molecule is CCN(Cc1ccc(C(F)(F)F)cc1F)C1=C(F)C(C)(NC[C@@]2(O)CCN(CC(N)=O)CC2=O)N=CN1. The summed E-state index contributed by atoms with van der Waals surface area (Å²) in [5.74, 6) is -3.17. The first-order valence-electron chi connectivity index (χ1n) is 11.5. The monoisotopic (exact) mass is 532 g/mol. The Hall–Kier alpha value is -3.10. The van der Waals surface area contributed by atoms with E-state index in [2.05, 4.69) is 15.6 Å². The fourth-order valence-electron chi connectivity index (χ4n) is 4.11. The molecular weight excluding hydrogens is 503 g/mol. The third kappa shape index (κ3) is 6.43. The number of nitrogens with two attached hydrogens (primary N) is 1. The smallest absolute Gasteiger partial charge is 0.381 e. The van der Waals surface area contributed by atoms with E-state index >= 15 is 4.39 Å². The fraction of sp³-hybridized carbons (Fsp3) is 0.522. The fourth-order valence-corrected chi connectivity index (χ4v) is 4.11. The number of amides is 1. The van der Waals surface area contributed by atoms with Gasteiger partial charge in [-0.2, -0.15) is 13.2 Å². The lowest BCUT2D eigenvalue weighted by molar-refractivity contribution is -0.145. The number of Topliss-reactive ketones (excluding diaryl/α,β-unsaturated/α-hetero) is 1. The second-order valence-electron chi connectivity index (χ2n) is 9.19. The Labute approximate surface area is 210 Å². The number of ketones is 1. The number of piperidine rings is 1. The Kier molecular flexibility index (Phi) is 8.24. The molecule has 0 aliphatic carbocycles. The van der Waals surface area contributed by atoms with Crippen LogP contribution in [0.25, 0.3) is 0 Å². The standard InChI is InChI=1S/C23H29F5N6O3/c1-3-34(9-14-4-5-15(8-16(14)24)23(26,27)28)20-19(25)21(2,32-13-30-20)31-12-22(37)6-7-33(10-17(22)35)11-18(29)36/h4-5,8,13,31,37H,3,6-7,9-12H2,1-2H3,(H2,29,36)(H,30,32)/t21?,22-/m0/s1. The number of nitrogens with zero attached hydrogens (tertiary/aromatic N) is 3. The van der Waals surface area contributed by atoms with Crippen molar-refractivity contribution in [1.29, 1.82) is 0 Å². The Morgan fingerprint density at radius 3 is 2.62 bits per heavy atom. The Morgan fingerprint density at radius 1 is 1.35 bits per heavy atom. The average Bonchev–Trinajstić information content (AvgIpc) is 2.81. The maximum absolute atomic E-state index is 15.7. The van der Waals surface area contributed by atoms with Crippen LogP contribution < -0.4 is 16.4 Å². The van der Waals surface area contributed by atoms with Crippen LogP contribution in [0.3, 0.4) is 0 Å². The zero-order chi connectivity index (χ0) is 27.6. The summed E-state index contributed by atoms with van der Waals surface area (Å²) < 4.78 is 68.7. The lowest BCUT2D eigenvalue weighted by atomic mass is 9.89. The second kappa shape index (κ2) is 10.7. The predicted molar refractivity (Wildman–Crippen MR) is 124 cm³/mol. The summed E-state index contributed by atoms with van der Waals surface area (Å²) in [6.45, 7) is 2.51. The molecule has 1 unspecified atom stereocenters. The third-order valence-electron chi connectivity index (χ3n) is 6.43. The topological polar surface area (TPSA) is 123 Å². The molecule has 204 valence electrons. The summed E-state index contributed by atoms with van der Waals surface area (Å²) in [7, 11) is 0. The van der Waals surface area contributed by atoms with E-state index < -0.39 is 46.3 Å². The molecule has 0 bridgehead atoms. The van der Waals surface area contributed by atoms with Gasteiger partial charge >= 0.3 is 6.18 Å². The summed E-state index contributed by atoms with van der Waals surface area (Å²) in [4.78, 5) is 30.6. The summed E-state index contributed by atoms with van der Waals surface area (Å²) in [6, 6.07) is 2.14. The molecule has 14 heteroatoms. The molecule has 1 fully saturated rings. The normalized spacial score (nSPS) is 24.8. The highest BCUT2D eigenvalue weighted by molar-refractivity contribution is 5.90. The Bertz CT molecular complexity index is 1110. The molecule has 5 N–H and O–H groups in total. The lowest BCUT2D eigenvalue weighted by Crippen LogP contribution is -2.61. The van der Waals surface area contributed by atoms with E-state index in [1.54, 1.807) is 6.92 Å². The number of benzene rings is 1. The zero-order valence-electron chi connectivity index (χ0n) is 20.3. The van der Waals surface area contributed by atoms with E-state index in [9.17, 15) is 32.3 Å². The van der Waals surface area contributed by atoms with Gasteiger partial charge in [-0.05, 0) is 32.4 Å². The molecule has 9 nitrogen and oxygen atoms in total. The van der Waals surface area contributed by atoms with Crippen LogP contribution in [-0.2, 0) is 22.3 Å². The quantitative estimate of drug-likeness (QED) is 0.353. The van der Waals surface area contributed by atoms with Gasteiger partial charge in [0, 0.05) is 31.7 Å². The molecule has 0 aromatic heterocycles.